The van der Waals surface area contributed by atoms with Gasteiger partial charge in [0.2, 0.25) is 15.9 Å². The molecule has 0 radical (unpaired) electrons. The number of methoxy groups -OCH3 is 1. The van der Waals surface area contributed by atoms with Crippen LogP contribution in [0.4, 0.5) is 5.82 Å². The maximum Gasteiger partial charge on any atom is 0.233 e. The number of rotatable bonds is 7. The predicted octanol–water partition coefficient (Wildman–Crippen LogP) is 2.70. The van der Waals surface area contributed by atoms with Gasteiger partial charge in [0, 0.05) is 12.5 Å². The van der Waals surface area contributed by atoms with Gasteiger partial charge in [0.1, 0.15) is 16.9 Å². The third-order valence-electron chi connectivity index (χ3n) is 4.03. The Labute approximate surface area is 152 Å². The van der Waals surface area contributed by atoms with Crippen molar-refractivity contribution in [1.29, 1.82) is 0 Å². The van der Waals surface area contributed by atoms with Crippen molar-refractivity contribution in [3.8, 4) is 5.88 Å². The summed E-state index contributed by atoms with van der Waals surface area (Å²) in [5.41, 5.74) is 2.51. The van der Waals surface area contributed by atoms with Gasteiger partial charge in [-0.2, -0.15) is 4.98 Å². The molecule has 0 saturated carbocycles. The molecule has 0 fully saturated rings. The number of hydrogen-bond donors (Lipinski definition) is 1. The Balaban J connectivity index is 2.34. The second kappa shape index (κ2) is 7.06. The van der Waals surface area contributed by atoms with Crippen LogP contribution in [0.25, 0.3) is 16.7 Å². The SMILES string of the molecule is CCCc1nc(C)c2c(NS(=O)(=O)CCC)nc3ccc(OC)nc3n12. The zero-order valence-electron chi connectivity index (χ0n) is 15.4. The van der Waals surface area contributed by atoms with Gasteiger partial charge in [-0.15, -0.1) is 0 Å². The minimum Gasteiger partial charge on any atom is -0.481 e. The van der Waals surface area contributed by atoms with Gasteiger partial charge in [0.25, 0.3) is 0 Å². The molecule has 9 heteroatoms. The van der Waals surface area contributed by atoms with E-state index in [-0.39, 0.29) is 11.6 Å². The minimum atomic E-state index is -3.48. The quantitative estimate of drug-likeness (QED) is 0.680. The Morgan fingerprint density at radius 2 is 1.92 bits per heavy atom. The first-order chi connectivity index (χ1) is 12.4. The van der Waals surface area contributed by atoms with Crippen molar-refractivity contribution in [2.24, 2.45) is 0 Å². The highest BCUT2D eigenvalue weighted by Crippen LogP contribution is 2.27. The lowest BCUT2D eigenvalue weighted by Crippen LogP contribution is -2.18. The average Bonchev–Trinajstić information content (AvgIpc) is 2.91. The van der Waals surface area contributed by atoms with Crippen LogP contribution < -0.4 is 9.46 Å². The summed E-state index contributed by atoms with van der Waals surface area (Å²) in [7, 11) is -1.92. The van der Waals surface area contributed by atoms with Crippen LogP contribution in [0.15, 0.2) is 12.1 Å². The van der Waals surface area contributed by atoms with E-state index in [0.29, 0.717) is 34.7 Å². The van der Waals surface area contributed by atoms with Crippen molar-refractivity contribution in [1.82, 2.24) is 19.4 Å². The molecule has 1 N–H and O–H groups in total. The fourth-order valence-corrected chi connectivity index (χ4v) is 4.06. The maximum absolute atomic E-state index is 12.3. The van der Waals surface area contributed by atoms with Crippen LogP contribution in [0.3, 0.4) is 0 Å². The Bertz CT molecular complexity index is 1060. The van der Waals surface area contributed by atoms with Crippen LogP contribution in [0.2, 0.25) is 0 Å². The number of sulfonamides is 1. The highest BCUT2D eigenvalue weighted by Gasteiger charge is 2.20. The molecule has 140 valence electrons. The monoisotopic (exact) mass is 377 g/mol. The molecule has 0 atom stereocenters. The summed E-state index contributed by atoms with van der Waals surface area (Å²) in [5.74, 6) is 1.61. The topological polar surface area (TPSA) is 98.5 Å². The number of anilines is 1. The first-order valence-corrected chi connectivity index (χ1v) is 10.3. The van der Waals surface area contributed by atoms with E-state index in [4.69, 9.17) is 4.74 Å². The second-order valence-corrected chi connectivity index (χ2v) is 7.97. The number of pyridine rings is 1. The lowest BCUT2D eigenvalue weighted by molar-refractivity contribution is 0.399. The van der Waals surface area contributed by atoms with Crippen molar-refractivity contribution in [3.63, 3.8) is 0 Å². The van der Waals surface area contributed by atoms with E-state index in [1.54, 1.807) is 19.2 Å². The molecule has 3 aromatic heterocycles. The number of aryl methyl sites for hydroxylation is 2. The van der Waals surface area contributed by atoms with Gasteiger partial charge in [0.15, 0.2) is 11.5 Å². The van der Waals surface area contributed by atoms with Crippen molar-refractivity contribution in [3.05, 3.63) is 23.7 Å². The molecule has 0 aliphatic heterocycles. The van der Waals surface area contributed by atoms with E-state index in [1.807, 2.05) is 18.2 Å². The van der Waals surface area contributed by atoms with Gasteiger partial charge in [-0.1, -0.05) is 13.8 Å². The Morgan fingerprint density at radius 1 is 1.15 bits per heavy atom. The molecule has 0 aliphatic rings. The number of hydrogen-bond acceptors (Lipinski definition) is 6. The number of nitrogens with one attached hydrogen (secondary N) is 1. The largest absolute Gasteiger partial charge is 0.481 e. The number of aromatic nitrogens is 4. The maximum atomic E-state index is 12.3. The molecule has 0 bridgehead atoms. The normalized spacial score (nSPS) is 12.0. The molecule has 3 rings (SSSR count). The summed E-state index contributed by atoms with van der Waals surface area (Å²) < 4.78 is 34.4. The fourth-order valence-electron chi connectivity index (χ4n) is 2.98. The molecule has 0 saturated heterocycles. The molecule has 26 heavy (non-hydrogen) atoms. The van der Waals surface area contributed by atoms with Crippen molar-refractivity contribution >= 4 is 32.5 Å². The van der Waals surface area contributed by atoms with Gasteiger partial charge in [-0.3, -0.25) is 9.12 Å². The molecule has 0 spiro atoms. The summed E-state index contributed by atoms with van der Waals surface area (Å²) in [6.45, 7) is 5.74. The molecular formula is C17H23N5O3S. The zero-order valence-corrected chi connectivity index (χ0v) is 16.2. The average molecular weight is 377 g/mol. The van der Waals surface area contributed by atoms with Crippen LogP contribution in [0, 0.1) is 6.92 Å². The molecule has 3 aromatic rings. The predicted molar refractivity (Wildman–Crippen MR) is 101 cm³/mol. The molecule has 0 unspecified atom stereocenters. The molecule has 0 aromatic carbocycles. The number of fused-ring (bicyclic) bond motifs is 3. The van der Waals surface area contributed by atoms with Crippen molar-refractivity contribution in [2.75, 3.05) is 17.6 Å². The first kappa shape index (κ1) is 18.4. The molecule has 0 aliphatic carbocycles. The van der Waals surface area contributed by atoms with E-state index in [9.17, 15) is 8.42 Å². The van der Waals surface area contributed by atoms with Gasteiger partial charge >= 0.3 is 0 Å². The lowest BCUT2D eigenvalue weighted by Gasteiger charge is -2.12. The zero-order chi connectivity index (χ0) is 18.9. The van der Waals surface area contributed by atoms with Crippen LogP contribution in [-0.2, 0) is 16.4 Å². The smallest absolute Gasteiger partial charge is 0.233 e. The summed E-state index contributed by atoms with van der Waals surface area (Å²) in [6, 6.07) is 3.47. The number of nitrogens with zero attached hydrogens (tertiary/aromatic N) is 4. The van der Waals surface area contributed by atoms with E-state index in [0.717, 1.165) is 18.7 Å². The Kier molecular flexibility index (Phi) is 4.99. The van der Waals surface area contributed by atoms with Gasteiger partial charge in [-0.05, 0) is 25.8 Å². The standard InChI is InChI=1S/C17H23N5O3S/c1-5-7-13-18-11(3)15-16(21-26(23,24)10-6-2)19-12-8-9-14(25-4)20-17(12)22(13)15/h8-9H,5-7,10H2,1-4H3,(H,19,21). The molecule has 8 nitrogen and oxygen atoms in total. The fraction of sp³-hybridized carbons (Fsp3) is 0.471. The van der Waals surface area contributed by atoms with E-state index >= 15 is 0 Å². The van der Waals surface area contributed by atoms with Gasteiger partial charge < -0.3 is 4.74 Å². The second-order valence-electron chi connectivity index (χ2n) is 6.13. The van der Waals surface area contributed by atoms with Crippen LogP contribution >= 0.6 is 0 Å². The van der Waals surface area contributed by atoms with Crippen LogP contribution in [-0.4, -0.2) is 40.6 Å². The minimum absolute atomic E-state index is 0.0364. The summed E-state index contributed by atoms with van der Waals surface area (Å²) in [4.78, 5) is 13.7. The molecule has 0 amide bonds. The highest BCUT2D eigenvalue weighted by molar-refractivity contribution is 7.92. The van der Waals surface area contributed by atoms with Gasteiger partial charge in [0.05, 0.1) is 18.6 Å². The first-order valence-electron chi connectivity index (χ1n) is 8.63. The number of ether oxygens (including phenoxy) is 1. The van der Waals surface area contributed by atoms with E-state index < -0.39 is 10.0 Å². The van der Waals surface area contributed by atoms with Crippen LogP contribution in [0.1, 0.15) is 38.2 Å². The van der Waals surface area contributed by atoms with E-state index in [2.05, 4.69) is 26.6 Å². The highest BCUT2D eigenvalue weighted by atomic mass is 32.2. The summed E-state index contributed by atoms with van der Waals surface area (Å²) in [5, 5.41) is 0. The summed E-state index contributed by atoms with van der Waals surface area (Å²) in [6.07, 6.45) is 2.18. The Morgan fingerprint density at radius 3 is 2.58 bits per heavy atom. The van der Waals surface area contributed by atoms with Crippen molar-refractivity contribution < 1.29 is 13.2 Å². The van der Waals surface area contributed by atoms with Crippen LogP contribution in [0.5, 0.6) is 5.88 Å². The number of imidazole rings is 1. The Hall–Kier alpha value is -2.42. The molecule has 3 heterocycles. The third kappa shape index (κ3) is 3.31. The van der Waals surface area contributed by atoms with E-state index in [1.165, 1.54) is 0 Å². The molecular weight excluding hydrogens is 354 g/mol. The van der Waals surface area contributed by atoms with Gasteiger partial charge in [-0.25, -0.2) is 18.4 Å². The lowest BCUT2D eigenvalue weighted by atomic mass is 10.3. The summed E-state index contributed by atoms with van der Waals surface area (Å²) >= 11 is 0. The third-order valence-corrected chi connectivity index (χ3v) is 5.48. The van der Waals surface area contributed by atoms with Crippen molar-refractivity contribution in [2.45, 2.75) is 40.0 Å².